The number of hydrogen-bond donors (Lipinski definition) is 2. The van der Waals surface area contributed by atoms with E-state index in [9.17, 15) is 4.79 Å². The molecule has 0 aromatic heterocycles. The third kappa shape index (κ3) is 4.56. The number of carbonyl (C=O) groups is 1. The van der Waals surface area contributed by atoms with Crippen molar-refractivity contribution in [2.24, 2.45) is 0 Å². The Balaban J connectivity index is 2.11. The first-order chi connectivity index (χ1) is 11.0. The van der Waals surface area contributed by atoms with Crippen LogP contribution < -0.4 is 15.0 Å². The molecule has 0 aliphatic rings. The Hall–Kier alpha value is -1.85. The minimum atomic E-state index is -0.0772. The van der Waals surface area contributed by atoms with Crippen LogP contribution in [0.25, 0.3) is 0 Å². The molecule has 0 bridgehead atoms. The second-order valence-corrected chi connectivity index (χ2v) is 6.45. The molecule has 2 rings (SSSR count). The lowest BCUT2D eigenvalue weighted by Gasteiger charge is -2.22. The lowest BCUT2D eigenvalue weighted by Crippen LogP contribution is -3.07. The summed E-state index contributed by atoms with van der Waals surface area (Å²) in [5.41, 5.74) is 1.78. The lowest BCUT2D eigenvalue weighted by molar-refractivity contribution is -0.890. The van der Waals surface area contributed by atoms with Crippen LogP contribution in [0.4, 0.5) is 0 Å². The van der Waals surface area contributed by atoms with Crippen LogP contribution in [0.2, 0.25) is 0 Å². The monoisotopic (exact) mass is 377 g/mol. The van der Waals surface area contributed by atoms with E-state index in [0.717, 1.165) is 15.8 Å². The maximum Gasteiger partial charge on any atom is 0.252 e. The van der Waals surface area contributed by atoms with Gasteiger partial charge in [-0.25, -0.2) is 0 Å². The van der Waals surface area contributed by atoms with Crippen molar-refractivity contribution < 1.29 is 14.4 Å². The Morgan fingerprint density at radius 3 is 2.61 bits per heavy atom. The van der Waals surface area contributed by atoms with Crippen LogP contribution >= 0.6 is 15.9 Å². The van der Waals surface area contributed by atoms with E-state index in [1.807, 2.05) is 42.5 Å². The fourth-order valence-electron chi connectivity index (χ4n) is 2.45. The summed E-state index contributed by atoms with van der Waals surface area (Å²) in [7, 11) is 5.81. The van der Waals surface area contributed by atoms with Gasteiger partial charge in [0.15, 0.2) is 0 Å². The molecule has 0 saturated carbocycles. The van der Waals surface area contributed by atoms with Crippen molar-refractivity contribution in [3.63, 3.8) is 0 Å². The van der Waals surface area contributed by atoms with Crippen molar-refractivity contribution in [3.05, 3.63) is 64.1 Å². The Labute approximate surface area is 145 Å². The molecule has 122 valence electrons. The van der Waals surface area contributed by atoms with Gasteiger partial charge in [0, 0.05) is 10.0 Å². The van der Waals surface area contributed by atoms with Gasteiger partial charge in [0.2, 0.25) is 0 Å². The van der Waals surface area contributed by atoms with Gasteiger partial charge in [-0.1, -0.05) is 24.3 Å². The fourth-order valence-corrected chi connectivity index (χ4v) is 2.91. The van der Waals surface area contributed by atoms with Crippen LogP contribution in [0.3, 0.4) is 0 Å². The van der Waals surface area contributed by atoms with Crippen molar-refractivity contribution in [2.45, 2.75) is 6.04 Å². The molecule has 5 heteroatoms. The van der Waals surface area contributed by atoms with Crippen molar-refractivity contribution in [2.75, 3.05) is 27.7 Å². The van der Waals surface area contributed by atoms with E-state index in [-0.39, 0.29) is 11.9 Å². The number of rotatable bonds is 6. The largest absolute Gasteiger partial charge is 0.497 e. The molecule has 4 nitrogen and oxygen atoms in total. The van der Waals surface area contributed by atoms with Gasteiger partial charge in [-0.05, 0) is 40.2 Å². The van der Waals surface area contributed by atoms with Crippen molar-refractivity contribution in [1.82, 2.24) is 5.32 Å². The summed E-state index contributed by atoms with van der Waals surface area (Å²) in [5, 5.41) is 3.03. The van der Waals surface area contributed by atoms with Crippen molar-refractivity contribution >= 4 is 21.8 Å². The van der Waals surface area contributed by atoms with E-state index in [1.165, 1.54) is 4.90 Å². The highest BCUT2D eigenvalue weighted by atomic mass is 79.9. The number of ether oxygens (including phenoxy) is 1. The van der Waals surface area contributed by atoms with E-state index in [4.69, 9.17) is 4.74 Å². The zero-order valence-electron chi connectivity index (χ0n) is 13.6. The second-order valence-electron chi connectivity index (χ2n) is 5.60. The highest BCUT2D eigenvalue weighted by molar-refractivity contribution is 9.10. The molecule has 0 radical (unpaired) electrons. The number of quaternary nitrogens is 1. The summed E-state index contributed by atoms with van der Waals surface area (Å²) >= 11 is 3.41. The van der Waals surface area contributed by atoms with Gasteiger partial charge in [-0.2, -0.15) is 0 Å². The molecule has 0 unspecified atom stereocenters. The van der Waals surface area contributed by atoms with E-state index in [1.54, 1.807) is 7.11 Å². The van der Waals surface area contributed by atoms with Gasteiger partial charge < -0.3 is 15.0 Å². The molecule has 0 heterocycles. The predicted octanol–water partition coefficient (Wildman–Crippen LogP) is 2.07. The van der Waals surface area contributed by atoms with E-state index < -0.39 is 0 Å². The standard InChI is InChI=1S/C18H21BrN2O2/c1-21(2)17(13-7-6-8-14(11-13)23-3)12-20-18(22)15-9-4-5-10-16(15)19/h4-11,17H,12H2,1-3H3,(H,20,22)/p+1/t17-/m1/s1. The molecule has 2 aromatic carbocycles. The number of halogens is 1. The zero-order chi connectivity index (χ0) is 16.8. The van der Waals surface area contributed by atoms with Crippen LogP contribution in [-0.2, 0) is 0 Å². The van der Waals surface area contributed by atoms with Gasteiger partial charge in [-0.3, -0.25) is 4.79 Å². The Kier molecular flexibility index (Phi) is 6.19. The van der Waals surface area contributed by atoms with Crippen molar-refractivity contribution in [1.29, 1.82) is 0 Å². The number of hydrogen-bond acceptors (Lipinski definition) is 2. The average molecular weight is 378 g/mol. The van der Waals surface area contributed by atoms with Crippen molar-refractivity contribution in [3.8, 4) is 5.75 Å². The zero-order valence-corrected chi connectivity index (χ0v) is 15.2. The molecular weight excluding hydrogens is 356 g/mol. The number of nitrogens with one attached hydrogen (secondary N) is 2. The molecule has 2 aromatic rings. The predicted molar refractivity (Wildman–Crippen MR) is 95.0 cm³/mol. The molecule has 0 spiro atoms. The summed E-state index contributed by atoms with van der Waals surface area (Å²) in [6.45, 7) is 0.551. The molecule has 23 heavy (non-hydrogen) atoms. The summed E-state index contributed by atoms with van der Waals surface area (Å²) in [6, 6.07) is 15.5. The fraction of sp³-hybridized carbons (Fsp3) is 0.278. The first-order valence-corrected chi connectivity index (χ1v) is 8.29. The maximum atomic E-state index is 12.4. The third-order valence-corrected chi connectivity index (χ3v) is 4.47. The summed E-state index contributed by atoms with van der Waals surface area (Å²) < 4.78 is 6.09. The van der Waals surface area contributed by atoms with E-state index in [2.05, 4.69) is 41.4 Å². The molecule has 0 aliphatic carbocycles. The van der Waals surface area contributed by atoms with Crippen LogP contribution in [0.15, 0.2) is 53.0 Å². The highest BCUT2D eigenvalue weighted by Gasteiger charge is 2.20. The lowest BCUT2D eigenvalue weighted by atomic mass is 10.1. The van der Waals surface area contributed by atoms with Gasteiger partial charge >= 0.3 is 0 Å². The van der Waals surface area contributed by atoms with Gasteiger partial charge in [0.25, 0.3) is 5.91 Å². The van der Waals surface area contributed by atoms with Crippen LogP contribution in [0, 0.1) is 0 Å². The average Bonchev–Trinajstić information content (AvgIpc) is 2.55. The quantitative estimate of drug-likeness (QED) is 0.809. The number of carbonyl (C=O) groups excluding carboxylic acids is 1. The number of methoxy groups -OCH3 is 1. The van der Waals surface area contributed by atoms with Gasteiger partial charge in [-0.15, -0.1) is 0 Å². The summed E-state index contributed by atoms with van der Waals surface area (Å²) in [6.07, 6.45) is 0. The van der Waals surface area contributed by atoms with Crippen LogP contribution in [0.1, 0.15) is 22.0 Å². The normalized spacial score (nSPS) is 12.0. The Morgan fingerprint density at radius 1 is 1.22 bits per heavy atom. The molecule has 2 N–H and O–H groups in total. The highest BCUT2D eigenvalue weighted by Crippen LogP contribution is 2.18. The van der Waals surface area contributed by atoms with E-state index in [0.29, 0.717) is 12.1 Å². The number of benzene rings is 2. The SMILES string of the molecule is COc1cccc([C@@H](CNC(=O)c2ccccc2Br)[NH+](C)C)c1. The topological polar surface area (TPSA) is 42.8 Å². The summed E-state index contributed by atoms with van der Waals surface area (Å²) in [4.78, 5) is 13.6. The first kappa shape index (κ1) is 17.5. The molecule has 0 saturated heterocycles. The minimum absolute atomic E-state index is 0.0772. The molecule has 1 amide bonds. The first-order valence-electron chi connectivity index (χ1n) is 7.49. The van der Waals surface area contributed by atoms with E-state index >= 15 is 0 Å². The number of likely N-dealkylation sites (N-methyl/N-ethyl adjacent to an activating group) is 1. The van der Waals surface area contributed by atoms with Gasteiger partial charge in [0.05, 0.1) is 33.3 Å². The number of amides is 1. The molecule has 0 aliphatic heterocycles. The smallest absolute Gasteiger partial charge is 0.252 e. The minimum Gasteiger partial charge on any atom is -0.497 e. The van der Waals surface area contributed by atoms with Gasteiger partial charge in [0.1, 0.15) is 11.8 Å². The molecule has 0 fully saturated rings. The second kappa shape index (κ2) is 8.13. The molecule has 1 atom stereocenters. The Morgan fingerprint density at radius 2 is 1.96 bits per heavy atom. The maximum absolute atomic E-state index is 12.4. The summed E-state index contributed by atoms with van der Waals surface area (Å²) in [5.74, 6) is 0.748. The van der Waals surface area contributed by atoms with Crippen LogP contribution in [0.5, 0.6) is 5.75 Å². The van der Waals surface area contributed by atoms with Crippen LogP contribution in [-0.4, -0.2) is 33.7 Å². The third-order valence-electron chi connectivity index (χ3n) is 3.78. The molecular formula is C18H22BrN2O2+. The Bertz CT molecular complexity index is 674.